The van der Waals surface area contributed by atoms with Crippen LogP contribution in [-0.4, -0.2) is 33.4 Å². The highest BCUT2D eigenvalue weighted by molar-refractivity contribution is 6.74. The molecule has 1 aliphatic rings. The fourth-order valence-electron chi connectivity index (χ4n) is 2.71. The van der Waals surface area contributed by atoms with E-state index in [1.165, 1.54) is 0 Å². The predicted molar refractivity (Wildman–Crippen MR) is 114 cm³/mol. The largest absolute Gasteiger partial charge is 0.417 e. The van der Waals surface area contributed by atoms with Crippen LogP contribution in [0.2, 0.25) is 18.1 Å². The van der Waals surface area contributed by atoms with E-state index in [9.17, 15) is 0 Å². The molecule has 2 rings (SSSR count). The lowest BCUT2D eigenvalue weighted by atomic mass is 10.0. The zero-order valence-electron chi connectivity index (χ0n) is 17.7. The zero-order chi connectivity index (χ0) is 20.6. The number of rotatable bonds is 9. The van der Waals surface area contributed by atoms with Gasteiger partial charge in [0.25, 0.3) is 0 Å². The Hall–Kier alpha value is -1.63. The van der Waals surface area contributed by atoms with E-state index in [2.05, 4.69) is 43.9 Å². The van der Waals surface area contributed by atoms with Gasteiger partial charge in [0.05, 0.1) is 18.8 Å². The van der Waals surface area contributed by atoms with E-state index >= 15 is 0 Å². The molecular formula is C21H33N3O3Si. The molecule has 0 aromatic heterocycles. The van der Waals surface area contributed by atoms with Gasteiger partial charge in [-0.05, 0) is 48.1 Å². The summed E-state index contributed by atoms with van der Waals surface area (Å²) in [5.74, 6) is 0. The molecule has 0 saturated heterocycles. The van der Waals surface area contributed by atoms with E-state index in [1.807, 2.05) is 42.5 Å². The molecule has 0 aliphatic carbocycles. The number of hydrogen-bond donors (Lipinski definition) is 0. The van der Waals surface area contributed by atoms with Crippen LogP contribution in [0.3, 0.4) is 0 Å². The third-order valence-electron chi connectivity index (χ3n) is 5.50. The summed E-state index contributed by atoms with van der Waals surface area (Å²) >= 11 is 0. The van der Waals surface area contributed by atoms with Crippen LogP contribution in [0, 0.1) is 0 Å². The highest BCUT2D eigenvalue weighted by atomic mass is 28.4. The average Bonchev–Trinajstić information content (AvgIpc) is 2.65. The van der Waals surface area contributed by atoms with Crippen molar-refractivity contribution in [3.63, 3.8) is 0 Å². The molecule has 0 fully saturated rings. The topological polar surface area (TPSA) is 76.5 Å². The number of nitrogens with zero attached hydrogens (tertiary/aromatic N) is 3. The molecule has 7 heteroatoms. The number of hydrogen-bond acceptors (Lipinski definition) is 4. The Morgan fingerprint density at radius 3 is 2.54 bits per heavy atom. The van der Waals surface area contributed by atoms with Crippen molar-refractivity contribution in [3.05, 3.63) is 58.5 Å². The van der Waals surface area contributed by atoms with Gasteiger partial charge in [-0.3, -0.25) is 0 Å². The predicted octanol–water partition coefficient (Wildman–Crippen LogP) is 5.97. The Bertz CT molecular complexity index is 682. The lowest BCUT2D eigenvalue weighted by Crippen LogP contribution is -2.41. The second kappa shape index (κ2) is 10.2. The summed E-state index contributed by atoms with van der Waals surface area (Å²) in [5, 5.41) is 4.06. The van der Waals surface area contributed by atoms with Crippen LogP contribution in [0.25, 0.3) is 10.4 Å². The fourth-order valence-corrected chi connectivity index (χ4v) is 3.80. The summed E-state index contributed by atoms with van der Waals surface area (Å²) in [6.45, 7) is 12.4. The fraction of sp³-hybridized carbons (Fsp3) is 0.619. The summed E-state index contributed by atoms with van der Waals surface area (Å²) in [7, 11) is -1.75. The van der Waals surface area contributed by atoms with Gasteiger partial charge in [-0.1, -0.05) is 62.3 Å². The highest BCUT2D eigenvalue weighted by Crippen LogP contribution is 2.36. The van der Waals surface area contributed by atoms with Crippen molar-refractivity contribution in [1.29, 1.82) is 0 Å². The molecular weight excluding hydrogens is 370 g/mol. The molecule has 6 nitrogen and oxygen atoms in total. The van der Waals surface area contributed by atoms with Gasteiger partial charge >= 0.3 is 0 Å². The molecule has 0 spiro atoms. The summed E-state index contributed by atoms with van der Waals surface area (Å²) < 4.78 is 18.2. The van der Waals surface area contributed by atoms with Crippen molar-refractivity contribution in [2.75, 3.05) is 6.61 Å². The molecule has 0 saturated carbocycles. The highest BCUT2D eigenvalue weighted by Gasteiger charge is 2.37. The lowest BCUT2D eigenvalue weighted by Gasteiger charge is -2.36. The van der Waals surface area contributed by atoms with Gasteiger partial charge in [0.2, 0.25) is 0 Å². The number of azide groups is 1. The molecule has 1 heterocycles. The third kappa shape index (κ3) is 6.76. The van der Waals surface area contributed by atoms with Crippen LogP contribution in [-0.2, 0) is 20.5 Å². The van der Waals surface area contributed by atoms with Crippen molar-refractivity contribution in [3.8, 4) is 0 Å². The van der Waals surface area contributed by atoms with Gasteiger partial charge in [-0.15, -0.1) is 0 Å². The maximum Gasteiger partial charge on any atom is 0.191 e. The van der Waals surface area contributed by atoms with E-state index in [0.717, 1.165) is 18.4 Å². The third-order valence-corrected chi connectivity index (χ3v) is 10.0. The number of benzene rings is 1. The second-order valence-electron chi connectivity index (χ2n) is 8.67. The Labute approximate surface area is 169 Å². The second-order valence-corrected chi connectivity index (χ2v) is 13.5. The maximum atomic E-state index is 8.84. The molecule has 1 aromatic carbocycles. The molecule has 0 N–H and O–H groups in total. The van der Waals surface area contributed by atoms with E-state index < -0.39 is 14.6 Å². The van der Waals surface area contributed by atoms with Crippen molar-refractivity contribution < 1.29 is 13.9 Å². The first-order valence-electron chi connectivity index (χ1n) is 9.90. The smallest absolute Gasteiger partial charge is 0.191 e. The summed E-state index contributed by atoms with van der Waals surface area (Å²) in [4.78, 5) is 2.96. The van der Waals surface area contributed by atoms with Crippen LogP contribution in [0.15, 0.2) is 47.6 Å². The maximum absolute atomic E-state index is 8.84. The number of ether oxygens (including phenoxy) is 2. The first-order valence-corrected chi connectivity index (χ1v) is 12.8. The molecule has 28 heavy (non-hydrogen) atoms. The molecule has 1 aliphatic heterocycles. The average molecular weight is 404 g/mol. The molecule has 154 valence electrons. The Morgan fingerprint density at radius 1 is 1.18 bits per heavy atom. The van der Waals surface area contributed by atoms with Gasteiger partial charge in [0.15, 0.2) is 14.6 Å². The van der Waals surface area contributed by atoms with Gasteiger partial charge in [0.1, 0.15) is 0 Å². The van der Waals surface area contributed by atoms with Crippen LogP contribution < -0.4 is 0 Å². The lowest BCUT2D eigenvalue weighted by molar-refractivity contribution is -0.159. The van der Waals surface area contributed by atoms with E-state index in [-0.39, 0.29) is 17.2 Å². The quantitative estimate of drug-likeness (QED) is 0.127. The Balaban J connectivity index is 1.86. The summed E-state index contributed by atoms with van der Waals surface area (Å²) in [6.07, 6.45) is 4.69. The minimum atomic E-state index is -1.75. The Kier molecular flexibility index (Phi) is 8.28. The molecule has 0 bridgehead atoms. The van der Waals surface area contributed by atoms with Crippen molar-refractivity contribution >= 4 is 8.32 Å². The van der Waals surface area contributed by atoms with Crippen LogP contribution in [0.1, 0.15) is 39.2 Å². The van der Waals surface area contributed by atoms with E-state index in [1.54, 1.807) is 0 Å². The zero-order valence-corrected chi connectivity index (χ0v) is 18.7. The van der Waals surface area contributed by atoms with Crippen molar-refractivity contribution in [2.45, 2.75) is 76.8 Å². The normalized spacial score (nSPS) is 22.7. The molecule has 0 unspecified atom stereocenters. The van der Waals surface area contributed by atoms with E-state index in [4.69, 9.17) is 19.4 Å². The minimum absolute atomic E-state index is 0.196. The first-order chi connectivity index (χ1) is 13.2. The molecule has 0 radical (unpaired) electrons. The van der Waals surface area contributed by atoms with Crippen molar-refractivity contribution in [1.82, 2.24) is 0 Å². The van der Waals surface area contributed by atoms with Gasteiger partial charge in [-0.25, -0.2) is 0 Å². The minimum Gasteiger partial charge on any atom is -0.417 e. The van der Waals surface area contributed by atoms with Crippen LogP contribution >= 0.6 is 0 Å². The molecule has 0 amide bonds. The van der Waals surface area contributed by atoms with Gasteiger partial charge in [-0.2, -0.15) is 0 Å². The summed E-state index contributed by atoms with van der Waals surface area (Å²) in [5.41, 5.74) is 9.93. The SMILES string of the molecule is CC(C)(C)[Si](C)(C)OCCC[C@@H]1O[C@@H](OCc2ccccc2)C=C[C@H]1N=[N+]=[N-]. The van der Waals surface area contributed by atoms with Crippen molar-refractivity contribution in [2.24, 2.45) is 5.11 Å². The van der Waals surface area contributed by atoms with Crippen LogP contribution in [0.4, 0.5) is 0 Å². The first kappa shape index (κ1) is 22.7. The van der Waals surface area contributed by atoms with Gasteiger partial charge < -0.3 is 13.9 Å². The monoisotopic (exact) mass is 403 g/mol. The standard InChI is InChI=1S/C21H33N3O3Si/c1-21(2,3)28(4,5)26-15-9-12-19-18(23-24-22)13-14-20(27-19)25-16-17-10-7-6-8-11-17/h6-8,10-11,13-14,18-20H,9,12,15-16H2,1-5H3/t18-,19+,20-/m1/s1. The van der Waals surface area contributed by atoms with E-state index in [0.29, 0.717) is 13.2 Å². The van der Waals surface area contributed by atoms with Gasteiger partial charge in [0, 0.05) is 11.5 Å². The Morgan fingerprint density at radius 2 is 1.89 bits per heavy atom. The molecule has 3 atom stereocenters. The van der Waals surface area contributed by atoms with Crippen LogP contribution in [0.5, 0.6) is 0 Å². The summed E-state index contributed by atoms with van der Waals surface area (Å²) in [6, 6.07) is 9.68. The molecule has 1 aromatic rings.